The smallest absolute Gasteiger partial charge is 0.129 e. The van der Waals surface area contributed by atoms with Gasteiger partial charge in [0.15, 0.2) is 0 Å². The highest BCUT2D eigenvalue weighted by molar-refractivity contribution is 5.54. The Morgan fingerprint density at radius 3 is 2.17 bits per heavy atom. The maximum absolute atomic E-state index is 9.07. The number of rotatable bonds is 5. The van der Waals surface area contributed by atoms with Crippen LogP contribution in [0.5, 0.6) is 11.5 Å². The van der Waals surface area contributed by atoms with Gasteiger partial charge in [-0.25, -0.2) is 0 Å². The Bertz CT molecular complexity index is 888. The van der Waals surface area contributed by atoms with Crippen LogP contribution < -0.4 is 9.64 Å². The van der Waals surface area contributed by atoms with Crippen LogP contribution in [0.3, 0.4) is 0 Å². The zero-order valence-electron chi connectivity index (χ0n) is 12.9. The SMILES string of the molecule is C#CCN(CC#C)c1cccc(Oc2ccc(C#N)c(C#N)c2)c1. The summed E-state index contributed by atoms with van der Waals surface area (Å²) in [6, 6.07) is 16.0. The number of terminal acetylenes is 2. The molecule has 0 radical (unpaired) electrons. The lowest BCUT2D eigenvalue weighted by atomic mass is 10.1. The summed E-state index contributed by atoms with van der Waals surface area (Å²) in [6.45, 7) is 0.784. The van der Waals surface area contributed by atoms with Crippen LogP contribution in [-0.2, 0) is 0 Å². The minimum Gasteiger partial charge on any atom is -0.457 e. The summed E-state index contributed by atoms with van der Waals surface area (Å²) in [4.78, 5) is 1.87. The molecule has 4 nitrogen and oxygen atoms in total. The van der Waals surface area contributed by atoms with E-state index in [1.807, 2.05) is 35.2 Å². The van der Waals surface area contributed by atoms with Crippen LogP contribution in [0, 0.1) is 47.3 Å². The van der Waals surface area contributed by atoms with Gasteiger partial charge in [0.05, 0.1) is 24.2 Å². The van der Waals surface area contributed by atoms with Crippen LogP contribution >= 0.6 is 0 Å². The molecule has 0 aliphatic rings. The number of nitriles is 2. The van der Waals surface area contributed by atoms with E-state index in [1.165, 1.54) is 6.07 Å². The second-order valence-corrected chi connectivity index (χ2v) is 4.79. The topological polar surface area (TPSA) is 60.0 Å². The Hall–Kier alpha value is -3.86. The first-order valence-corrected chi connectivity index (χ1v) is 7.06. The largest absolute Gasteiger partial charge is 0.457 e. The maximum Gasteiger partial charge on any atom is 0.129 e. The van der Waals surface area contributed by atoms with Gasteiger partial charge in [0.2, 0.25) is 0 Å². The summed E-state index contributed by atoms with van der Waals surface area (Å²) in [7, 11) is 0. The van der Waals surface area contributed by atoms with Crippen LogP contribution in [0.2, 0.25) is 0 Å². The summed E-state index contributed by atoms with van der Waals surface area (Å²) in [5.74, 6) is 6.20. The number of hydrogen-bond donors (Lipinski definition) is 0. The van der Waals surface area contributed by atoms with E-state index >= 15 is 0 Å². The predicted octanol–water partition coefficient (Wildman–Crippen LogP) is 3.30. The molecule has 0 amide bonds. The number of ether oxygens (including phenoxy) is 1. The number of nitrogens with zero attached hydrogens (tertiary/aromatic N) is 3. The van der Waals surface area contributed by atoms with E-state index in [9.17, 15) is 0 Å². The van der Waals surface area contributed by atoms with Crippen molar-refractivity contribution in [2.45, 2.75) is 0 Å². The van der Waals surface area contributed by atoms with Crippen molar-refractivity contribution in [3.8, 4) is 48.3 Å². The van der Waals surface area contributed by atoms with Crippen LogP contribution in [0.15, 0.2) is 42.5 Å². The molecule has 0 heterocycles. The molecule has 0 saturated heterocycles. The molecule has 0 N–H and O–H groups in total. The van der Waals surface area contributed by atoms with E-state index in [4.69, 9.17) is 28.1 Å². The predicted molar refractivity (Wildman–Crippen MR) is 92.3 cm³/mol. The van der Waals surface area contributed by atoms with Crippen molar-refractivity contribution >= 4 is 5.69 Å². The fourth-order valence-corrected chi connectivity index (χ4v) is 2.12. The minimum atomic E-state index is 0.271. The molecule has 24 heavy (non-hydrogen) atoms. The Kier molecular flexibility index (Phi) is 5.47. The molecular weight excluding hydrogens is 298 g/mol. The van der Waals surface area contributed by atoms with Gasteiger partial charge < -0.3 is 9.64 Å². The quantitative estimate of drug-likeness (QED) is 0.795. The van der Waals surface area contributed by atoms with Crippen molar-refractivity contribution in [1.82, 2.24) is 0 Å². The van der Waals surface area contributed by atoms with Gasteiger partial charge in [-0.05, 0) is 30.3 Å². The minimum absolute atomic E-state index is 0.271. The third kappa shape index (κ3) is 3.86. The van der Waals surface area contributed by atoms with Crippen LogP contribution in [-0.4, -0.2) is 13.1 Å². The standard InChI is InChI=1S/C20H13N3O/c1-3-10-23(11-4-2)18-6-5-7-19(13-18)24-20-9-8-16(14-21)17(12-20)15-22/h1-2,5-9,12-13H,10-11H2. The first kappa shape index (κ1) is 16.5. The molecule has 0 atom stereocenters. The molecular formula is C20H13N3O. The van der Waals surface area contributed by atoms with Crippen molar-refractivity contribution in [3.63, 3.8) is 0 Å². The summed E-state index contributed by atoms with van der Waals surface area (Å²) in [5.41, 5.74) is 1.43. The molecule has 0 fully saturated rings. The van der Waals surface area contributed by atoms with Gasteiger partial charge in [-0.2, -0.15) is 10.5 Å². The third-order valence-corrected chi connectivity index (χ3v) is 3.21. The number of anilines is 1. The van der Waals surface area contributed by atoms with Crippen molar-refractivity contribution in [3.05, 3.63) is 53.6 Å². The summed E-state index contributed by atoms with van der Waals surface area (Å²) in [5, 5.41) is 18.0. The lowest BCUT2D eigenvalue weighted by Crippen LogP contribution is -2.23. The third-order valence-electron chi connectivity index (χ3n) is 3.21. The molecule has 4 heteroatoms. The highest BCUT2D eigenvalue weighted by Gasteiger charge is 2.07. The van der Waals surface area contributed by atoms with E-state index in [-0.39, 0.29) is 5.56 Å². The van der Waals surface area contributed by atoms with Gasteiger partial charge in [-0.3, -0.25) is 0 Å². The van der Waals surface area contributed by atoms with E-state index in [0.717, 1.165) is 5.69 Å². The molecule has 0 spiro atoms. The summed E-state index contributed by atoms with van der Waals surface area (Å²) < 4.78 is 5.78. The van der Waals surface area contributed by atoms with Crippen molar-refractivity contribution < 1.29 is 4.74 Å². The molecule has 2 aromatic carbocycles. The summed E-state index contributed by atoms with van der Waals surface area (Å²) in [6.07, 6.45) is 10.7. The van der Waals surface area contributed by atoms with E-state index in [2.05, 4.69) is 11.8 Å². The Labute approximate surface area is 141 Å². The lowest BCUT2D eigenvalue weighted by Gasteiger charge is -2.20. The van der Waals surface area contributed by atoms with Crippen LogP contribution in [0.1, 0.15) is 11.1 Å². The molecule has 0 bridgehead atoms. The average Bonchev–Trinajstić information content (AvgIpc) is 2.61. The Balaban J connectivity index is 2.27. The molecule has 0 aromatic heterocycles. The molecule has 0 aliphatic heterocycles. The van der Waals surface area contributed by atoms with Gasteiger partial charge in [-0.15, -0.1) is 12.8 Å². The molecule has 114 valence electrons. The van der Waals surface area contributed by atoms with Crippen LogP contribution in [0.4, 0.5) is 5.69 Å². The van der Waals surface area contributed by atoms with Gasteiger partial charge in [-0.1, -0.05) is 17.9 Å². The maximum atomic E-state index is 9.07. The normalized spacial score (nSPS) is 9.00. The van der Waals surface area contributed by atoms with Gasteiger partial charge in [0.25, 0.3) is 0 Å². The van der Waals surface area contributed by atoms with Gasteiger partial charge >= 0.3 is 0 Å². The second kappa shape index (κ2) is 7.95. The summed E-state index contributed by atoms with van der Waals surface area (Å²) >= 11 is 0. The first-order chi connectivity index (χ1) is 11.7. The van der Waals surface area contributed by atoms with Crippen LogP contribution in [0.25, 0.3) is 0 Å². The highest BCUT2D eigenvalue weighted by atomic mass is 16.5. The highest BCUT2D eigenvalue weighted by Crippen LogP contribution is 2.27. The fraction of sp³-hybridized carbons (Fsp3) is 0.100. The lowest BCUT2D eigenvalue weighted by molar-refractivity contribution is 0.482. The zero-order chi connectivity index (χ0) is 17.4. The molecule has 0 unspecified atom stereocenters. The molecule has 2 rings (SSSR count). The Morgan fingerprint density at radius 1 is 0.875 bits per heavy atom. The van der Waals surface area contributed by atoms with Gasteiger partial charge in [0, 0.05) is 11.8 Å². The van der Waals surface area contributed by atoms with E-state index < -0.39 is 0 Å². The fourth-order valence-electron chi connectivity index (χ4n) is 2.12. The number of hydrogen-bond acceptors (Lipinski definition) is 4. The average molecular weight is 311 g/mol. The van der Waals surface area contributed by atoms with E-state index in [0.29, 0.717) is 30.2 Å². The molecule has 0 saturated carbocycles. The first-order valence-electron chi connectivity index (χ1n) is 7.06. The number of benzene rings is 2. The second-order valence-electron chi connectivity index (χ2n) is 4.79. The molecule has 0 aliphatic carbocycles. The van der Waals surface area contributed by atoms with Crippen molar-refractivity contribution in [2.75, 3.05) is 18.0 Å². The van der Waals surface area contributed by atoms with E-state index in [1.54, 1.807) is 18.2 Å². The van der Waals surface area contributed by atoms with Crippen molar-refractivity contribution in [2.24, 2.45) is 0 Å². The molecule has 2 aromatic rings. The van der Waals surface area contributed by atoms with Crippen molar-refractivity contribution in [1.29, 1.82) is 10.5 Å². The Morgan fingerprint density at radius 2 is 1.54 bits per heavy atom. The monoisotopic (exact) mass is 311 g/mol. The zero-order valence-corrected chi connectivity index (χ0v) is 12.9. The van der Waals surface area contributed by atoms with Gasteiger partial charge in [0.1, 0.15) is 23.6 Å².